The summed E-state index contributed by atoms with van der Waals surface area (Å²) in [6.45, 7) is -0.296. The van der Waals surface area contributed by atoms with Crippen molar-refractivity contribution in [1.29, 1.82) is 5.26 Å². The van der Waals surface area contributed by atoms with Crippen molar-refractivity contribution in [2.24, 2.45) is 0 Å². The number of esters is 1. The van der Waals surface area contributed by atoms with Gasteiger partial charge in [0.1, 0.15) is 0 Å². The Morgan fingerprint density at radius 1 is 0.931 bits per heavy atom. The summed E-state index contributed by atoms with van der Waals surface area (Å²) in [7, 11) is 0. The Hall–Kier alpha value is -4.11. The van der Waals surface area contributed by atoms with Crippen LogP contribution in [0.3, 0.4) is 0 Å². The molecule has 1 heterocycles. The first kappa shape index (κ1) is 18.3. The number of fused-ring (bicyclic) bond motifs is 1. The van der Waals surface area contributed by atoms with Crippen molar-refractivity contribution < 1.29 is 23.8 Å². The average molecular weight is 385 g/mol. The molecule has 1 aliphatic rings. The summed E-state index contributed by atoms with van der Waals surface area (Å²) in [5.74, 6) is 0.0678. The molecule has 0 N–H and O–H groups in total. The lowest BCUT2D eigenvalue weighted by Crippen LogP contribution is -2.15. The van der Waals surface area contributed by atoms with Gasteiger partial charge in [0.25, 0.3) is 0 Å². The molecule has 0 aromatic heterocycles. The molecule has 0 atom stereocenters. The Morgan fingerprint density at radius 3 is 2.48 bits per heavy atom. The second-order valence-electron chi connectivity index (χ2n) is 6.27. The number of hydrogen-bond donors (Lipinski definition) is 0. The summed E-state index contributed by atoms with van der Waals surface area (Å²) in [6.07, 6.45) is 0. The second kappa shape index (κ2) is 7.87. The third-order valence-electron chi connectivity index (χ3n) is 4.51. The van der Waals surface area contributed by atoms with Crippen molar-refractivity contribution in [3.8, 4) is 28.7 Å². The highest BCUT2D eigenvalue weighted by Gasteiger charge is 2.19. The van der Waals surface area contributed by atoms with Gasteiger partial charge in [-0.15, -0.1) is 0 Å². The maximum atomic E-state index is 12.7. The molecule has 0 unspecified atom stereocenters. The normalized spacial score (nSPS) is 11.6. The molecule has 0 fully saturated rings. The predicted molar refractivity (Wildman–Crippen MR) is 104 cm³/mol. The van der Waals surface area contributed by atoms with Crippen LogP contribution in [-0.2, 0) is 4.74 Å². The third-order valence-corrected chi connectivity index (χ3v) is 4.51. The highest BCUT2D eigenvalue weighted by Crippen LogP contribution is 2.32. The van der Waals surface area contributed by atoms with Gasteiger partial charge in [0.05, 0.1) is 17.2 Å². The maximum absolute atomic E-state index is 12.7. The quantitative estimate of drug-likeness (QED) is 0.488. The molecule has 0 bridgehead atoms. The Kier molecular flexibility index (Phi) is 4.95. The van der Waals surface area contributed by atoms with Gasteiger partial charge in [0.2, 0.25) is 6.79 Å². The fourth-order valence-electron chi connectivity index (χ4n) is 3.07. The predicted octanol–water partition coefficient (Wildman–Crippen LogP) is 3.99. The van der Waals surface area contributed by atoms with Crippen LogP contribution in [0.5, 0.6) is 11.5 Å². The lowest BCUT2D eigenvalue weighted by Gasteiger charge is -2.11. The van der Waals surface area contributed by atoms with Crippen LogP contribution in [0.1, 0.15) is 26.3 Å². The number of nitriles is 1. The first-order chi connectivity index (χ1) is 14.2. The van der Waals surface area contributed by atoms with E-state index in [1.807, 2.05) is 0 Å². The minimum Gasteiger partial charge on any atom is -0.454 e. The van der Waals surface area contributed by atoms with Gasteiger partial charge in [-0.25, -0.2) is 4.79 Å². The van der Waals surface area contributed by atoms with E-state index < -0.39 is 12.6 Å². The summed E-state index contributed by atoms with van der Waals surface area (Å²) in [4.78, 5) is 25.1. The van der Waals surface area contributed by atoms with Crippen LogP contribution >= 0.6 is 0 Å². The van der Waals surface area contributed by atoms with Crippen molar-refractivity contribution in [2.75, 3.05) is 13.4 Å². The summed E-state index contributed by atoms with van der Waals surface area (Å²) < 4.78 is 15.7. The highest BCUT2D eigenvalue weighted by atomic mass is 16.7. The van der Waals surface area contributed by atoms with Crippen molar-refractivity contribution in [1.82, 2.24) is 0 Å². The van der Waals surface area contributed by atoms with Crippen LogP contribution in [0.25, 0.3) is 11.1 Å². The summed E-state index contributed by atoms with van der Waals surface area (Å²) >= 11 is 0. The van der Waals surface area contributed by atoms with E-state index in [0.717, 1.165) is 0 Å². The van der Waals surface area contributed by atoms with Crippen molar-refractivity contribution in [3.63, 3.8) is 0 Å². The monoisotopic (exact) mass is 385 g/mol. The maximum Gasteiger partial charge on any atom is 0.339 e. The van der Waals surface area contributed by atoms with Crippen LogP contribution in [0.15, 0.2) is 66.7 Å². The van der Waals surface area contributed by atoms with Gasteiger partial charge >= 0.3 is 5.97 Å². The Balaban J connectivity index is 1.52. The van der Waals surface area contributed by atoms with E-state index in [9.17, 15) is 14.9 Å². The van der Waals surface area contributed by atoms with Gasteiger partial charge in [0, 0.05) is 11.1 Å². The molecule has 1 aliphatic heterocycles. The molecule has 0 saturated carbocycles. The summed E-state index contributed by atoms with van der Waals surface area (Å²) in [5.41, 5.74) is 2.30. The van der Waals surface area contributed by atoms with Crippen molar-refractivity contribution >= 4 is 11.8 Å². The first-order valence-electron chi connectivity index (χ1n) is 8.86. The molecule has 0 spiro atoms. The molecule has 142 valence electrons. The minimum atomic E-state index is -0.637. The fraction of sp³-hybridized carbons (Fsp3) is 0.0870. The van der Waals surface area contributed by atoms with E-state index in [0.29, 0.717) is 33.8 Å². The molecule has 0 amide bonds. The van der Waals surface area contributed by atoms with Gasteiger partial charge in [-0.3, -0.25) is 4.79 Å². The SMILES string of the molecule is N#Cc1ccccc1-c1ccccc1C(=O)OCC(=O)c1ccc2c(c1)OCO2. The zero-order chi connectivity index (χ0) is 20.2. The van der Waals surface area contributed by atoms with E-state index in [-0.39, 0.29) is 18.1 Å². The largest absolute Gasteiger partial charge is 0.454 e. The third kappa shape index (κ3) is 3.66. The standard InChI is InChI=1S/C23H15NO5/c24-12-16-5-1-2-6-17(16)18-7-3-4-8-19(18)23(26)27-13-20(25)15-9-10-21-22(11-15)29-14-28-21/h1-11H,13-14H2. The van der Waals surface area contributed by atoms with E-state index in [1.165, 1.54) is 0 Å². The Labute approximate surface area is 166 Å². The van der Waals surface area contributed by atoms with Crippen molar-refractivity contribution in [3.05, 3.63) is 83.4 Å². The molecule has 4 rings (SSSR count). The number of ketones is 1. The zero-order valence-electron chi connectivity index (χ0n) is 15.3. The lowest BCUT2D eigenvalue weighted by molar-refractivity contribution is 0.0475. The number of benzene rings is 3. The Bertz CT molecular complexity index is 1150. The molecule has 0 saturated heterocycles. The Morgan fingerprint density at radius 2 is 1.66 bits per heavy atom. The minimum absolute atomic E-state index is 0.114. The molecule has 0 aliphatic carbocycles. The smallest absolute Gasteiger partial charge is 0.339 e. The van der Waals surface area contributed by atoms with E-state index in [1.54, 1.807) is 66.7 Å². The van der Waals surface area contributed by atoms with Crippen LogP contribution < -0.4 is 9.47 Å². The number of nitrogens with zero attached hydrogens (tertiary/aromatic N) is 1. The lowest BCUT2D eigenvalue weighted by atomic mass is 9.96. The van der Waals surface area contributed by atoms with Gasteiger partial charge in [-0.2, -0.15) is 5.26 Å². The van der Waals surface area contributed by atoms with Crippen LogP contribution in [0.4, 0.5) is 0 Å². The van der Waals surface area contributed by atoms with Crippen LogP contribution in [-0.4, -0.2) is 25.2 Å². The first-order valence-corrected chi connectivity index (χ1v) is 8.86. The number of carbonyl (C=O) groups is 2. The van der Waals surface area contributed by atoms with E-state index >= 15 is 0 Å². The molecule has 3 aromatic carbocycles. The topological polar surface area (TPSA) is 85.6 Å². The molecular weight excluding hydrogens is 370 g/mol. The van der Waals surface area contributed by atoms with Gasteiger partial charge < -0.3 is 14.2 Å². The summed E-state index contributed by atoms with van der Waals surface area (Å²) in [6, 6.07) is 20.8. The second-order valence-corrected chi connectivity index (χ2v) is 6.27. The average Bonchev–Trinajstić information content (AvgIpc) is 3.25. The number of carbonyl (C=O) groups excluding carboxylic acids is 2. The molecular formula is C23H15NO5. The summed E-state index contributed by atoms with van der Waals surface area (Å²) in [5, 5.41) is 9.35. The molecule has 6 nitrogen and oxygen atoms in total. The van der Waals surface area contributed by atoms with Crippen LogP contribution in [0.2, 0.25) is 0 Å². The fourth-order valence-corrected chi connectivity index (χ4v) is 3.07. The number of hydrogen-bond acceptors (Lipinski definition) is 6. The molecule has 0 radical (unpaired) electrons. The molecule has 29 heavy (non-hydrogen) atoms. The van der Waals surface area contributed by atoms with Crippen LogP contribution in [0, 0.1) is 11.3 Å². The highest BCUT2D eigenvalue weighted by molar-refractivity contribution is 6.02. The zero-order valence-corrected chi connectivity index (χ0v) is 15.3. The number of rotatable bonds is 5. The molecule has 3 aromatic rings. The van der Waals surface area contributed by atoms with E-state index in [2.05, 4.69) is 6.07 Å². The van der Waals surface area contributed by atoms with Crippen molar-refractivity contribution in [2.45, 2.75) is 0 Å². The number of Topliss-reactive ketones (excluding diaryl/α,β-unsaturated/α-hetero) is 1. The van der Waals surface area contributed by atoms with Gasteiger partial charge in [-0.05, 0) is 35.9 Å². The van der Waals surface area contributed by atoms with Gasteiger partial charge in [0.15, 0.2) is 23.9 Å². The molecule has 6 heteroatoms. The number of ether oxygens (including phenoxy) is 3. The van der Waals surface area contributed by atoms with E-state index in [4.69, 9.17) is 14.2 Å². The van der Waals surface area contributed by atoms with Gasteiger partial charge in [-0.1, -0.05) is 36.4 Å².